The lowest BCUT2D eigenvalue weighted by atomic mass is 9.98. The number of amides is 2. The Morgan fingerprint density at radius 1 is 1.00 bits per heavy atom. The first-order valence-corrected chi connectivity index (χ1v) is 11.0. The average Bonchev–Trinajstić information content (AvgIpc) is 3.11. The lowest BCUT2D eigenvalue weighted by Crippen LogP contribution is -2.43. The minimum atomic E-state index is -1.04. The zero-order valence-corrected chi connectivity index (χ0v) is 18.5. The van der Waals surface area contributed by atoms with E-state index in [1.165, 1.54) is 11.1 Å². The Balaban J connectivity index is 1.46. The summed E-state index contributed by atoms with van der Waals surface area (Å²) >= 11 is 0. The van der Waals surface area contributed by atoms with E-state index in [0.29, 0.717) is 19.3 Å². The van der Waals surface area contributed by atoms with Crippen molar-refractivity contribution in [2.45, 2.75) is 45.1 Å². The number of rotatable bonds is 10. The van der Waals surface area contributed by atoms with Gasteiger partial charge in [0.1, 0.15) is 12.6 Å². The zero-order chi connectivity index (χ0) is 23.1. The number of fused-ring (bicyclic) bond motifs is 3. The number of carboxylic acid groups (broad SMARTS) is 1. The number of carbonyl (C=O) groups is 3. The first-order chi connectivity index (χ1) is 15.4. The SMILES string of the molecule is CCC[C@H](NC(=O)C(C)CCNC(=O)OCC1c2ccccc2-c2ccccc21)C(=O)O. The maximum atomic E-state index is 12.2. The molecule has 170 valence electrons. The van der Waals surface area contributed by atoms with Crippen LogP contribution in [0.5, 0.6) is 0 Å². The Morgan fingerprint density at radius 3 is 2.16 bits per heavy atom. The van der Waals surface area contributed by atoms with E-state index in [1.807, 2.05) is 31.2 Å². The molecule has 3 N–H and O–H groups in total. The number of hydrogen-bond donors (Lipinski definition) is 3. The van der Waals surface area contributed by atoms with Crippen LogP contribution in [-0.4, -0.2) is 42.3 Å². The van der Waals surface area contributed by atoms with Crippen LogP contribution in [0.1, 0.15) is 50.2 Å². The van der Waals surface area contributed by atoms with Gasteiger partial charge in [-0.25, -0.2) is 9.59 Å². The topological polar surface area (TPSA) is 105 Å². The number of hydrogen-bond acceptors (Lipinski definition) is 4. The third-order valence-corrected chi connectivity index (χ3v) is 5.83. The van der Waals surface area contributed by atoms with Gasteiger partial charge in [-0.05, 0) is 35.1 Å². The molecule has 0 heterocycles. The van der Waals surface area contributed by atoms with Crippen LogP contribution in [0.2, 0.25) is 0 Å². The highest BCUT2D eigenvalue weighted by Gasteiger charge is 2.29. The molecule has 2 aromatic carbocycles. The van der Waals surface area contributed by atoms with Gasteiger partial charge in [0, 0.05) is 18.4 Å². The van der Waals surface area contributed by atoms with Gasteiger partial charge in [-0.15, -0.1) is 0 Å². The Kier molecular flexibility index (Phi) is 7.87. The third-order valence-electron chi connectivity index (χ3n) is 5.83. The van der Waals surface area contributed by atoms with Crippen molar-refractivity contribution in [3.8, 4) is 11.1 Å². The molecule has 0 spiro atoms. The van der Waals surface area contributed by atoms with Crippen LogP contribution >= 0.6 is 0 Å². The molecule has 1 aliphatic carbocycles. The summed E-state index contributed by atoms with van der Waals surface area (Å²) in [6.07, 6.45) is 0.892. The smallest absolute Gasteiger partial charge is 0.407 e. The number of alkyl carbamates (subject to hydrolysis) is 1. The Morgan fingerprint density at radius 2 is 1.59 bits per heavy atom. The maximum Gasteiger partial charge on any atom is 0.407 e. The minimum Gasteiger partial charge on any atom is -0.480 e. The Bertz CT molecular complexity index is 929. The van der Waals surface area contributed by atoms with Gasteiger partial charge < -0.3 is 20.5 Å². The van der Waals surface area contributed by atoms with Gasteiger partial charge in [0.05, 0.1) is 0 Å². The second-order valence-electron chi connectivity index (χ2n) is 8.13. The number of carboxylic acids is 1. The van der Waals surface area contributed by atoms with E-state index in [2.05, 4.69) is 34.9 Å². The summed E-state index contributed by atoms with van der Waals surface area (Å²) in [6, 6.07) is 15.4. The molecule has 2 amide bonds. The van der Waals surface area contributed by atoms with Crippen molar-refractivity contribution >= 4 is 18.0 Å². The highest BCUT2D eigenvalue weighted by atomic mass is 16.5. The molecule has 7 nitrogen and oxygen atoms in total. The molecule has 0 radical (unpaired) electrons. The fraction of sp³-hybridized carbons (Fsp3) is 0.400. The predicted octanol–water partition coefficient (Wildman–Crippen LogP) is 3.92. The van der Waals surface area contributed by atoms with Gasteiger partial charge in [-0.2, -0.15) is 0 Å². The van der Waals surface area contributed by atoms with Gasteiger partial charge >= 0.3 is 12.1 Å². The van der Waals surface area contributed by atoms with Crippen molar-refractivity contribution < 1.29 is 24.2 Å². The van der Waals surface area contributed by atoms with Gasteiger partial charge in [0.25, 0.3) is 0 Å². The third kappa shape index (κ3) is 5.46. The van der Waals surface area contributed by atoms with Crippen LogP contribution in [0.4, 0.5) is 4.79 Å². The second kappa shape index (κ2) is 10.8. The molecule has 32 heavy (non-hydrogen) atoms. The normalized spacial score (nSPS) is 14.1. The molecular formula is C25H30N2O5. The molecule has 0 saturated heterocycles. The predicted molar refractivity (Wildman–Crippen MR) is 121 cm³/mol. The molecule has 0 aliphatic heterocycles. The van der Waals surface area contributed by atoms with Crippen LogP contribution in [-0.2, 0) is 14.3 Å². The summed E-state index contributed by atoms with van der Waals surface area (Å²) < 4.78 is 5.48. The summed E-state index contributed by atoms with van der Waals surface area (Å²) in [5.41, 5.74) is 4.62. The molecule has 7 heteroatoms. The Labute approximate surface area is 188 Å². The van der Waals surface area contributed by atoms with E-state index >= 15 is 0 Å². The lowest BCUT2D eigenvalue weighted by molar-refractivity contribution is -0.142. The van der Waals surface area contributed by atoms with E-state index in [0.717, 1.165) is 11.1 Å². The van der Waals surface area contributed by atoms with Crippen molar-refractivity contribution in [1.29, 1.82) is 0 Å². The molecule has 2 atom stereocenters. The number of nitrogens with one attached hydrogen (secondary N) is 2. The van der Waals surface area contributed by atoms with E-state index in [1.54, 1.807) is 6.92 Å². The monoisotopic (exact) mass is 438 g/mol. The van der Waals surface area contributed by atoms with E-state index < -0.39 is 24.0 Å². The number of benzene rings is 2. The summed E-state index contributed by atoms with van der Waals surface area (Å²) in [5.74, 6) is -1.81. The fourth-order valence-corrected chi connectivity index (χ4v) is 4.03. The van der Waals surface area contributed by atoms with E-state index in [4.69, 9.17) is 9.84 Å². The molecule has 0 fully saturated rings. The van der Waals surface area contributed by atoms with Crippen LogP contribution in [0.25, 0.3) is 11.1 Å². The molecular weight excluding hydrogens is 408 g/mol. The molecule has 0 saturated carbocycles. The summed E-state index contributed by atoms with van der Waals surface area (Å²) in [7, 11) is 0. The van der Waals surface area contributed by atoms with Crippen LogP contribution in [0, 0.1) is 5.92 Å². The fourth-order valence-electron chi connectivity index (χ4n) is 4.03. The first-order valence-electron chi connectivity index (χ1n) is 11.0. The maximum absolute atomic E-state index is 12.2. The first kappa shape index (κ1) is 23.3. The highest BCUT2D eigenvalue weighted by Crippen LogP contribution is 2.44. The number of ether oxygens (including phenoxy) is 1. The summed E-state index contributed by atoms with van der Waals surface area (Å²) in [4.78, 5) is 35.6. The lowest BCUT2D eigenvalue weighted by Gasteiger charge is -2.18. The van der Waals surface area contributed by atoms with Gasteiger partial charge in [0.15, 0.2) is 0 Å². The van der Waals surface area contributed by atoms with E-state index in [9.17, 15) is 14.4 Å². The zero-order valence-electron chi connectivity index (χ0n) is 18.5. The van der Waals surface area contributed by atoms with E-state index in [-0.39, 0.29) is 25.0 Å². The standard InChI is InChI=1S/C25H30N2O5/c1-3-8-22(24(29)30)27-23(28)16(2)13-14-26-25(31)32-15-21-19-11-6-4-9-17(19)18-10-5-7-12-20(18)21/h4-7,9-12,16,21-22H,3,8,13-15H2,1-2H3,(H,26,31)(H,27,28)(H,29,30)/t16?,22-/m0/s1. The van der Waals surface area contributed by atoms with Gasteiger partial charge in [-0.3, -0.25) is 4.79 Å². The van der Waals surface area contributed by atoms with Crippen molar-refractivity contribution in [3.63, 3.8) is 0 Å². The molecule has 1 unspecified atom stereocenters. The van der Waals surface area contributed by atoms with Gasteiger partial charge in [0.2, 0.25) is 5.91 Å². The number of carbonyl (C=O) groups excluding carboxylic acids is 2. The molecule has 1 aliphatic rings. The summed E-state index contributed by atoms with van der Waals surface area (Å²) in [6.45, 7) is 4.06. The number of aliphatic carboxylic acids is 1. The minimum absolute atomic E-state index is 0.00984. The highest BCUT2D eigenvalue weighted by molar-refractivity contribution is 5.84. The molecule has 3 rings (SSSR count). The van der Waals surface area contributed by atoms with Crippen molar-refractivity contribution in [2.75, 3.05) is 13.2 Å². The molecule has 2 aromatic rings. The average molecular weight is 439 g/mol. The van der Waals surface area contributed by atoms with Crippen LogP contribution < -0.4 is 10.6 Å². The van der Waals surface area contributed by atoms with Crippen molar-refractivity contribution in [1.82, 2.24) is 10.6 Å². The summed E-state index contributed by atoms with van der Waals surface area (Å²) in [5, 5.41) is 14.4. The second-order valence-corrected chi connectivity index (χ2v) is 8.13. The van der Waals surface area contributed by atoms with Crippen molar-refractivity contribution in [2.24, 2.45) is 5.92 Å². The van der Waals surface area contributed by atoms with Crippen LogP contribution in [0.15, 0.2) is 48.5 Å². The van der Waals surface area contributed by atoms with Crippen molar-refractivity contribution in [3.05, 3.63) is 59.7 Å². The van der Waals surface area contributed by atoms with Gasteiger partial charge in [-0.1, -0.05) is 68.8 Å². The van der Waals surface area contributed by atoms with Crippen LogP contribution in [0.3, 0.4) is 0 Å². The molecule has 0 aromatic heterocycles. The quantitative estimate of drug-likeness (QED) is 0.521. The molecule has 0 bridgehead atoms. The largest absolute Gasteiger partial charge is 0.480 e. The Hall–Kier alpha value is -3.35.